The summed E-state index contributed by atoms with van der Waals surface area (Å²) < 4.78 is 27.7. The maximum absolute atomic E-state index is 8.80. The summed E-state index contributed by atoms with van der Waals surface area (Å²) in [6.07, 6.45) is 7.01. The third kappa shape index (κ3) is 6.66. The van der Waals surface area contributed by atoms with Crippen LogP contribution in [0.2, 0.25) is 18.1 Å². The van der Waals surface area contributed by atoms with Gasteiger partial charge in [-0.1, -0.05) is 20.8 Å². The van der Waals surface area contributed by atoms with Crippen LogP contribution in [-0.4, -0.2) is 72.6 Å². The van der Waals surface area contributed by atoms with Gasteiger partial charge in [-0.2, -0.15) is 10.2 Å². The van der Waals surface area contributed by atoms with Crippen molar-refractivity contribution < 1.29 is 23.7 Å². The number of rotatable bonds is 12. The van der Waals surface area contributed by atoms with Crippen LogP contribution in [0, 0.1) is 0 Å². The first-order valence-corrected chi connectivity index (χ1v) is 16.7. The Balaban J connectivity index is 1.60. The molecular weight excluding hydrogens is 500 g/mol. The summed E-state index contributed by atoms with van der Waals surface area (Å²) in [5, 5.41) is 19.6. The molecule has 3 heterocycles. The summed E-state index contributed by atoms with van der Waals surface area (Å²) >= 11 is 0. The van der Waals surface area contributed by atoms with E-state index in [1.54, 1.807) is 0 Å². The summed E-state index contributed by atoms with van der Waals surface area (Å²) in [7, 11) is -1.99. The van der Waals surface area contributed by atoms with Gasteiger partial charge in [-0.3, -0.25) is 4.68 Å². The van der Waals surface area contributed by atoms with Crippen molar-refractivity contribution in [2.24, 2.45) is 0 Å². The third-order valence-electron chi connectivity index (χ3n) is 7.58. The van der Waals surface area contributed by atoms with Gasteiger partial charge < -0.3 is 23.7 Å². The van der Waals surface area contributed by atoms with Crippen LogP contribution in [0.25, 0.3) is 22.2 Å². The molecular formula is C28H44N4O5Si. The summed E-state index contributed by atoms with van der Waals surface area (Å²) in [5.74, 6) is 0.882. The lowest BCUT2D eigenvalue weighted by molar-refractivity contribution is -0.0365. The Morgan fingerprint density at radius 1 is 1.16 bits per heavy atom. The Morgan fingerprint density at radius 3 is 2.66 bits per heavy atom. The van der Waals surface area contributed by atoms with Gasteiger partial charge in [0.1, 0.15) is 11.4 Å². The van der Waals surface area contributed by atoms with Crippen LogP contribution in [0.3, 0.4) is 0 Å². The van der Waals surface area contributed by atoms with E-state index in [4.69, 9.17) is 28.8 Å². The van der Waals surface area contributed by atoms with Crippen LogP contribution in [0.5, 0.6) is 5.75 Å². The van der Waals surface area contributed by atoms with E-state index < -0.39 is 8.32 Å². The van der Waals surface area contributed by atoms with Gasteiger partial charge in [0.15, 0.2) is 6.23 Å². The largest absolute Gasteiger partial charge is 0.543 e. The molecule has 0 aliphatic carbocycles. The van der Waals surface area contributed by atoms with E-state index in [0.29, 0.717) is 26.4 Å². The van der Waals surface area contributed by atoms with Crippen LogP contribution in [-0.2, 0) is 14.2 Å². The average molecular weight is 545 g/mol. The molecule has 0 bridgehead atoms. The lowest BCUT2D eigenvalue weighted by Crippen LogP contribution is -2.43. The van der Waals surface area contributed by atoms with Gasteiger partial charge in [0.2, 0.25) is 8.32 Å². The molecule has 0 amide bonds. The van der Waals surface area contributed by atoms with Crippen LogP contribution < -0.4 is 4.43 Å². The molecule has 1 aliphatic rings. The fraction of sp³-hybridized carbons (Fsp3) is 0.643. The maximum Gasteiger partial charge on any atom is 0.250 e. The molecule has 0 saturated carbocycles. The molecule has 1 saturated heterocycles. The quantitative estimate of drug-likeness (QED) is 0.235. The van der Waals surface area contributed by atoms with Gasteiger partial charge in [0.05, 0.1) is 50.8 Å². The molecule has 0 spiro atoms. The highest BCUT2D eigenvalue weighted by molar-refractivity contribution is 6.74. The number of hydrogen-bond acceptors (Lipinski definition) is 7. The molecule has 1 N–H and O–H groups in total. The number of hydrogen-bond donors (Lipinski definition) is 1. The fourth-order valence-corrected chi connectivity index (χ4v) is 5.32. The molecule has 4 rings (SSSR count). The number of fused-ring (bicyclic) bond motifs is 1. The molecule has 210 valence electrons. The Bertz CT molecular complexity index is 1180. The number of nitrogens with zero attached hydrogens (tertiary/aromatic N) is 4. The van der Waals surface area contributed by atoms with E-state index in [1.807, 2.05) is 21.8 Å². The molecule has 1 fully saturated rings. The van der Waals surface area contributed by atoms with Crippen molar-refractivity contribution in [2.45, 2.75) is 77.4 Å². The zero-order chi connectivity index (χ0) is 27.3. The normalized spacial score (nSPS) is 17.7. The number of ether oxygens (including phenoxy) is 3. The monoisotopic (exact) mass is 544 g/mol. The number of aliphatic hydroxyl groups is 1. The lowest BCUT2D eigenvalue weighted by atomic mass is 10.1. The van der Waals surface area contributed by atoms with E-state index in [2.05, 4.69) is 64.1 Å². The van der Waals surface area contributed by atoms with E-state index >= 15 is 0 Å². The number of benzene rings is 1. The zero-order valence-electron chi connectivity index (χ0n) is 23.8. The van der Waals surface area contributed by atoms with Gasteiger partial charge >= 0.3 is 0 Å². The second-order valence-electron chi connectivity index (χ2n) is 11.6. The molecule has 1 aliphatic heterocycles. The van der Waals surface area contributed by atoms with Gasteiger partial charge in [-0.15, -0.1) is 0 Å². The first-order valence-electron chi connectivity index (χ1n) is 13.7. The Hall–Kier alpha value is -2.24. The highest BCUT2D eigenvalue weighted by atomic mass is 28.4. The van der Waals surface area contributed by atoms with Gasteiger partial charge in [-0.05, 0) is 62.5 Å². The zero-order valence-corrected chi connectivity index (χ0v) is 24.8. The minimum atomic E-state index is -1.99. The minimum Gasteiger partial charge on any atom is -0.543 e. The Kier molecular flexibility index (Phi) is 9.30. The average Bonchev–Trinajstić information content (AvgIpc) is 3.51. The number of aliphatic hydroxyl groups excluding tert-OH is 1. The predicted octanol–water partition coefficient (Wildman–Crippen LogP) is 5.57. The van der Waals surface area contributed by atoms with Crippen LogP contribution in [0.4, 0.5) is 0 Å². The molecule has 1 aromatic carbocycles. The highest BCUT2D eigenvalue weighted by Crippen LogP contribution is 2.40. The van der Waals surface area contributed by atoms with E-state index in [0.717, 1.165) is 53.8 Å². The van der Waals surface area contributed by atoms with Crippen molar-refractivity contribution in [3.8, 4) is 17.0 Å². The molecule has 2 atom stereocenters. The van der Waals surface area contributed by atoms with Gasteiger partial charge in [0.25, 0.3) is 0 Å². The summed E-state index contributed by atoms with van der Waals surface area (Å²) in [5.41, 5.74) is 2.88. The van der Waals surface area contributed by atoms with E-state index in [9.17, 15) is 0 Å². The first kappa shape index (κ1) is 28.8. The molecule has 3 aromatic rings. The second kappa shape index (κ2) is 12.3. The van der Waals surface area contributed by atoms with Gasteiger partial charge in [0, 0.05) is 23.8 Å². The first-order chi connectivity index (χ1) is 18.1. The molecule has 0 radical (unpaired) electrons. The Labute approximate surface area is 227 Å². The fourth-order valence-electron chi connectivity index (χ4n) is 4.30. The molecule has 9 nitrogen and oxygen atoms in total. The molecule has 10 heteroatoms. The van der Waals surface area contributed by atoms with E-state index in [1.165, 1.54) is 0 Å². The Morgan fingerprint density at radius 2 is 1.95 bits per heavy atom. The standard InChI is InChI=1S/C28H44N4O5Si/c1-21(20-35-16-15-34-14-12-33)31-19-22(18-29-31)27-24-17-23(37-38(5,6)28(2,3)4)10-11-25(24)32(30-27)26-9-7-8-13-36-26/h10-11,17-19,21,26,33H,7-9,12-16,20H2,1-6H3/t21-,26?/m0/s1. The summed E-state index contributed by atoms with van der Waals surface area (Å²) in [6, 6.07) is 6.37. The minimum absolute atomic E-state index is 0.0215. The second-order valence-corrected chi connectivity index (χ2v) is 16.3. The summed E-state index contributed by atoms with van der Waals surface area (Å²) in [6.45, 7) is 15.9. The van der Waals surface area contributed by atoms with Crippen molar-refractivity contribution in [3.05, 3.63) is 30.6 Å². The third-order valence-corrected chi connectivity index (χ3v) is 11.9. The topological polar surface area (TPSA) is 92.8 Å². The van der Waals surface area contributed by atoms with Crippen LogP contribution in [0.15, 0.2) is 30.6 Å². The van der Waals surface area contributed by atoms with Crippen LogP contribution in [0.1, 0.15) is 59.2 Å². The van der Waals surface area contributed by atoms with Crippen molar-refractivity contribution in [1.82, 2.24) is 19.6 Å². The highest BCUT2D eigenvalue weighted by Gasteiger charge is 2.39. The SMILES string of the molecule is C[C@@H](COCCOCCO)n1cc(-c2nn(C3CCCCO3)c3ccc(O[Si](C)(C)C(C)(C)C)cc23)cn1. The van der Waals surface area contributed by atoms with Crippen molar-refractivity contribution >= 4 is 19.2 Å². The van der Waals surface area contributed by atoms with Gasteiger partial charge in [-0.25, -0.2) is 4.68 Å². The number of aromatic nitrogens is 4. The maximum atomic E-state index is 8.80. The van der Waals surface area contributed by atoms with Crippen molar-refractivity contribution in [3.63, 3.8) is 0 Å². The van der Waals surface area contributed by atoms with Crippen molar-refractivity contribution in [2.75, 3.05) is 39.6 Å². The lowest BCUT2D eigenvalue weighted by Gasteiger charge is -2.36. The predicted molar refractivity (Wildman–Crippen MR) is 151 cm³/mol. The smallest absolute Gasteiger partial charge is 0.250 e. The van der Waals surface area contributed by atoms with Crippen molar-refractivity contribution in [1.29, 1.82) is 0 Å². The van der Waals surface area contributed by atoms with E-state index in [-0.39, 0.29) is 23.9 Å². The molecule has 2 aromatic heterocycles. The van der Waals surface area contributed by atoms with Crippen LogP contribution >= 0.6 is 0 Å². The summed E-state index contributed by atoms with van der Waals surface area (Å²) in [4.78, 5) is 0. The molecule has 1 unspecified atom stereocenters. The molecule has 38 heavy (non-hydrogen) atoms.